The maximum Gasteiger partial charge on any atom is 0.195 e. The molecule has 0 saturated carbocycles. The van der Waals surface area contributed by atoms with Crippen molar-refractivity contribution in [3.63, 3.8) is 0 Å². The van der Waals surface area contributed by atoms with Gasteiger partial charge in [-0.2, -0.15) is 0 Å². The number of rotatable bonds is 3. The van der Waals surface area contributed by atoms with E-state index in [4.69, 9.17) is 18.6 Å². The van der Waals surface area contributed by atoms with E-state index in [0.29, 0.717) is 0 Å². The van der Waals surface area contributed by atoms with E-state index in [1.165, 1.54) is 0 Å². The number of fused-ring (bicyclic) bond motifs is 1. The van der Waals surface area contributed by atoms with E-state index >= 15 is 0 Å². The van der Waals surface area contributed by atoms with Gasteiger partial charge in [-0.15, -0.1) is 0 Å². The molecule has 0 bridgehead atoms. The molecule has 4 atom stereocenters. The molecule has 0 aromatic carbocycles. The van der Waals surface area contributed by atoms with Gasteiger partial charge in [-0.05, 0) is 32.0 Å². The standard InChI is InChI=1S/C14H26O5Si/c1-13(2,3)20(6,7)19-12-11-10(9(8-15)16-12)17-14(4,5)18-11/h8-12H,1-7H3. The molecule has 0 amide bonds. The van der Waals surface area contributed by atoms with E-state index in [1.54, 1.807) is 0 Å². The van der Waals surface area contributed by atoms with Crippen LogP contribution in [0.5, 0.6) is 0 Å². The Morgan fingerprint density at radius 1 is 1.15 bits per heavy atom. The third-order valence-corrected chi connectivity index (χ3v) is 8.83. The van der Waals surface area contributed by atoms with Crippen molar-refractivity contribution in [3.8, 4) is 0 Å². The molecule has 2 rings (SSSR count). The molecule has 2 heterocycles. The molecule has 4 unspecified atom stereocenters. The minimum atomic E-state index is -1.99. The predicted molar refractivity (Wildman–Crippen MR) is 76.8 cm³/mol. The molecule has 0 radical (unpaired) electrons. The average Bonchev–Trinajstić information content (AvgIpc) is 2.71. The number of carbonyl (C=O) groups is 1. The van der Waals surface area contributed by atoms with Crippen LogP contribution in [0.25, 0.3) is 0 Å². The molecule has 2 fully saturated rings. The molecule has 0 spiro atoms. The van der Waals surface area contributed by atoms with Gasteiger partial charge in [0.05, 0.1) is 0 Å². The summed E-state index contributed by atoms with van der Waals surface area (Å²) in [6.45, 7) is 14.5. The van der Waals surface area contributed by atoms with Gasteiger partial charge in [0.15, 0.2) is 26.7 Å². The summed E-state index contributed by atoms with van der Waals surface area (Å²) in [5.41, 5.74) is 0. The van der Waals surface area contributed by atoms with Crippen LogP contribution >= 0.6 is 0 Å². The van der Waals surface area contributed by atoms with Gasteiger partial charge >= 0.3 is 0 Å². The lowest BCUT2D eigenvalue weighted by molar-refractivity contribution is -0.212. The predicted octanol–water partition coefficient (Wildman–Crippen LogP) is 2.45. The Kier molecular flexibility index (Phi) is 3.93. The molecule has 0 aromatic rings. The normalized spacial score (nSPS) is 37.0. The highest BCUT2D eigenvalue weighted by Crippen LogP contribution is 2.43. The van der Waals surface area contributed by atoms with Crippen LogP contribution in [0.4, 0.5) is 0 Å². The van der Waals surface area contributed by atoms with Crippen molar-refractivity contribution in [2.45, 2.75) is 83.1 Å². The summed E-state index contributed by atoms with van der Waals surface area (Å²) in [7, 11) is -1.99. The van der Waals surface area contributed by atoms with Gasteiger partial charge in [-0.25, -0.2) is 0 Å². The van der Waals surface area contributed by atoms with Gasteiger partial charge in [0.25, 0.3) is 0 Å². The first-order chi connectivity index (χ1) is 8.97. The molecule has 6 heteroatoms. The summed E-state index contributed by atoms with van der Waals surface area (Å²) in [5, 5.41) is 0.0695. The van der Waals surface area contributed by atoms with Crippen LogP contribution in [0.15, 0.2) is 0 Å². The summed E-state index contributed by atoms with van der Waals surface area (Å²) in [6, 6.07) is 0. The third kappa shape index (κ3) is 2.85. The first-order valence-electron chi connectivity index (χ1n) is 7.11. The second-order valence-electron chi connectivity index (χ2n) is 7.55. The first kappa shape index (κ1) is 16.1. The molecule has 0 aliphatic carbocycles. The van der Waals surface area contributed by atoms with Crippen molar-refractivity contribution in [3.05, 3.63) is 0 Å². The van der Waals surface area contributed by atoms with E-state index in [-0.39, 0.29) is 17.2 Å². The Balaban J connectivity index is 2.16. The molecule has 2 saturated heterocycles. The molecular weight excluding hydrogens is 276 g/mol. The van der Waals surface area contributed by atoms with Crippen molar-refractivity contribution in [2.24, 2.45) is 0 Å². The molecule has 0 N–H and O–H groups in total. The first-order valence-corrected chi connectivity index (χ1v) is 10.0. The van der Waals surface area contributed by atoms with E-state index in [9.17, 15) is 4.79 Å². The topological polar surface area (TPSA) is 54.0 Å². The zero-order chi connectivity index (χ0) is 15.3. The van der Waals surface area contributed by atoms with Crippen LogP contribution in [0, 0.1) is 0 Å². The van der Waals surface area contributed by atoms with Gasteiger partial charge in [0, 0.05) is 0 Å². The highest BCUT2D eigenvalue weighted by atomic mass is 28.4. The number of hydrogen-bond donors (Lipinski definition) is 0. The fourth-order valence-electron chi connectivity index (χ4n) is 2.26. The smallest absolute Gasteiger partial charge is 0.195 e. The molecule has 116 valence electrons. The average molecular weight is 302 g/mol. The summed E-state index contributed by atoms with van der Waals surface area (Å²) >= 11 is 0. The molecule has 0 aromatic heterocycles. The van der Waals surface area contributed by atoms with E-state index < -0.39 is 26.5 Å². The quantitative estimate of drug-likeness (QED) is 0.592. The highest BCUT2D eigenvalue weighted by Gasteiger charge is 2.57. The van der Waals surface area contributed by atoms with Crippen LogP contribution < -0.4 is 0 Å². The summed E-state index contributed by atoms with van der Waals surface area (Å²) in [5.74, 6) is -0.699. The van der Waals surface area contributed by atoms with Gasteiger partial charge in [-0.1, -0.05) is 20.8 Å². The van der Waals surface area contributed by atoms with Crippen LogP contribution in [0.2, 0.25) is 18.1 Å². The molecule has 20 heavy (non-hydrogen) atoms. The van der Waals surface area contributed by atoms with Gasteiger partial charge in [0.2, 0.25) is 0 Å². The zero-order valence-electron chi connectivity index (χ0n) is 13.4. The molecule has 2 aliphatic heterocycles. The second kappa shape index (κ2) is 4.88. The lowest BCUT2D eigenvalue weighted by atomic mass is 10.1. The number of carbonyl (C=O) groups excluding carboxylic acids is 1. The third-order valence-electron chi connectivity index (χ3n) is 4.40. The largest absolute Gasteiger partial charge is 0.390 e. The number of hydrogen-bond acceptors (Lipinski definition) is 5. The summed E-state index contributed by atoms with van der Waals surface area (Å²) in [6.07, 6.45) is -1.08. The Bertz CT molecular complexity index is 388. The van der Waals surface area contributed by atoms with Crippen LogP contribution in [0.3, 0.4) is 0 Å². The van der Waals surface area contributed by atoms with E-state index in [0.717, 1.165) is 6.29 Å². The monoisotopic (exact) mass is 302 g/mol. The highest BCUT2D eigenvalue weighted by molar-refractivity contribution is 6.74. The number of aldehydes is 1. The number of ether oxygens (including phenoxy) is 3. The SMILES string of the molecule is CC1(C)OC2C(C=O)OC(O[Si](C)(C)C(C)(C)C)C2O1. The van der Waals surface area contributed by atoms with Crippen molar-refractivity contribution < 1.29 is 23.4 Å². The minimum absolute atomic E-state index is 0.0695. The van der Waals surface area contributed by atoms with Crippen molar-refractivity contribution in [1.29, 1.82) is 0 Å². The van der Waals surface area contributed by atoms with Gasteiger partial charge in [-0.3, -0.25) is 0 Å². The summed E-state index contributed by atoms with van der Waals surface area (Å²) in [4.78, 5) is 11.2. The van der Waals surface area contributed by atoms with Crippen LogP contribution in [-0.4, -0.2) is 45.0 Å². The zero-order valence-corrected chi connectivity index (χ0v) is 14.4. The maximum atomic E-state index is 11.2. The van der Waals surface area contributed by atoms with E-state index in [2.05, 4.69) is 33.9 Å². The van der Waals surface area contributed by atoms with Crippen molar-refractivity contribution in [1.82, 2.24) is 0 Å². The lowest BCUT2D eigenvalue weighted by Crippen LogP contribution is -2.47. The Labute approximate surface area is 122 Å². The molecule has 2 aliphatic rings. The van der Waals surface area contributed by atoms with Crippen LogP contribution in [-0.2, 0) is 23.4 Å². The molecular formula is C14H26O5Si. The Morgan fingerprint density at radius 2 is 1.70 bits per heavy atom. The second-order valence-corrected chi connectivity index (χ2v) is 12.3. The van der Waals surface area contributed by atoms with Gasteiger partial charge < -0.3 is 23.4 Å². The Hall–Kier alpha value is -0.273. The fraction of sp³-hybridized carbons (Fsp3) is 0.929. The fourth-order valence-corrected chi connectivity index (χ4v) is 3.39. The molecule has 5 nitrogen and oxygen atoms in total. The van der Waals surface area contributed by atoms with Crippen LogP contribution in [0.1, 0.15) is 34.6 Å². The maximum absolute atomic E-state index is 11.2. The summed E-state index contributed by atoms with van der Waals surface area (Å²) < 4.78 is 23.6. The van der Waals surface area contributed by atoms with Crippen molar-refractivity contribution in [2.75, 3.05) is 0 Å². The Morgan fingerprint density at radius 3 is 2.20 bits per heavy atom. The minimum Gasteiger partial charge on any atom is -0.390 e. The van der Waals surface area contributed by atoms with E-state index in [1.807, 2.05) is 13.8 Å². The lowest BCUT2D eigenvalue weighted by Gasteiger charge is -2.39. The van der Waals surface area contributed by atoms with Gasteiger partial charge in [0.1, 0.15) is 18.3 Å². The van der Waals surface area contributed by atoms with Crippen molar-refractivity contribution >= 4 is 14.6 Å².